The average Bonchev–Trinajstić information content (AvgIpc) is 2.73. The highest BCUT2D eigenvalue weighted by Gasteiger charge is 2.31. The Morgan fingerprint density at radius 1 is 1.56 bits per heavy atom. The number of hydrogen-bond donors (Lipinski definition) is 1. The summed E-state index contributed by atoms with van der Waals surface area (Å²) in [4.78, 5) is 2.33. The molecule has 2 N–H and O–H groups in total. The number of nitrogens with zero attached hydrogens (tertiary/aromatic N) is 1. The Bertz CT molecular complexity index is 441. The number of methoxy groups -OCH3 is 1. The third-order valence-corrected chi connectivity index (χ3v) is 4.65. The van der Waals surface area contributed by atoms with Gasteiger partial charge in [0.1, 0.15) is 5.75 Å². The monoisotopic (exact) mass is 332 g/mol. The second-order valence-electron chi connectivity index (χ2n) is 4.80. The molecule has 18 heavy (non-hydrogen) atoms. The van der Waals surface area contributed by atoms with Gasteiger partial charge in [0.15, 0.2) is 0 Å². The number of rotatable bonds is 3. The zero-order chi connectivity index (χ0) is 13.3. The van der Waals surface area contributed by atoms with E-state index in [2.05, 4.69) is 27.9 Å². The quantitative estimate of drug-likeness (QED) is 0.924. The lowest BCUT2D eigenvalue weighted by Crippen LogP contribution is -2.20. The van der Waals surface area contributed by atoms with Crippen LogP contribution in [0.3, 0.4) is 0 Å². The van der Waals surface area contributed by atoms with Crippen molar-refractivity contribution in [2.45, 2.75) is 12.5 Å². The Labute approximate surface area is 121 Å². The number of likely N-dealkylation sites (tertiary alicyclic amines) is 1. The van der Waals surface area contributed by atoms with Gasteiger partial charge in [0, 0.05) is 17.6 Å². The molecule has 1 fully saturated rings. The van der Waals surface area contributed by atoms with Crippen LogP contribution in [-0.2, 0) is 0 Å². The van der Waals surface area contributed by atoms with Crippen molar-refractivity contribution < 1.29 is 4.74 Å². The smallest absolute Gasteiger partial charge is 0.134 e. The molecule has 0 bridgehead atoms. The van der Waals surface area contributed by atoms with Gasteiger partial charge in [-0.1, -0.05) is 11.6 Å². The summed E-state index contributed by atoms with van der Waals surface area (Å²) in [6.07, 6.45) is 1.06. The van der Waals surface area contributed by atoms with Crippen LogP contribution in [0.2, 0.25) is 5.02 Å². The molecule has 0 aliphatic carbocycles. The maximum absolute atomic E-state index is 6.15. The highest BCUT2D eigenvalue weighted by Crippen LogP contribution is 2.42. The predicted molar refractivity (Wildman–Crippen MR) is 78.2 cm³/mol. The summed E-state index contributed by atoms with van der Waals surface area (Å²) >= 11 is 9.77. The average molecular weight is 334 g/mol. The molecule has 5 heteroatoms. The maximum atomic E-state index is 6.15. The molecule has 1 aromatic carbocycles. The number of benzene rings is 1. The minimum absolute atomic E-state index is 0.348. The van der Waals surface area contributed by atoms with E-state index in [1.807, 2.05) is 12.1 Å². The fourth-order valence-electron chi connectivity index (χ4n) is 2.62. The number of hydrogen-bond acceptors (Lipinski definition) is 3. The van der Waals surface area contributed by atoms with Crippen LogP contribution >= 0.6 is 27.5 Å². The van der Waals surface area contributed by atoms with Crippen molar-refractivity contribution in [3.63, 3.8) is 0 Å². The van der Waals surface area contributed by atoms with Crippen molar-refractivity contribution in [3.8, 4) is 5.75 Å². The summed E-state index contributed by atoms with van der Waals surface area (Å²) in [6.45, 7) is 1.76. The number of ether oxygens (including phenoxy) is 1. The highest BCUT2D eigenvalue weighted by atomic mass is 79.9. The van der Waals surface area contributed by atoms with Crippen LogP contribution in [-0.4, -0.2) is 32.1 Å². The van der Waals surface area contributed by atoms with Gasteiger partial charge in [-0.2, -0.15) is 0 Å². The third kappa shape index (κ3) is 2.67. The number of halogens is 2. The van der Waals surface area contributed by atoms with Gasteiger partial charge in [0.2, 0.25) is 0 Å². The largest absolute Gasteiger partial charge is 0.496 e. The molecule has 1 aromatic rings. The molecule has 1 heterocycles. The van der Waals surface area contributed by atoms with Gasteiger partial charge in [-0.25, -0.2) is 0 Å². The molecular formula is C13H18BrClN2O. The van der Waals surface area contributed by atoms with Crippen molar-refractivity contribution in [2.24, 2.45) is 11.7 Å². The highest BCUT2D eigenvalue weighted by molar-refractivity contribution is 9.10. The van der Waals surface area contributed by atoms with Crippen LogP contribution < -0.4 is 10.5 Å². The van der Waals surface area contributed by atoms with Crippen LogP contribution in [0, 0.1) is 5.92 Å². The summed E-state index contributed by atoms with van der Waals surface area (Å²) in [5.41, 5.74) is 6.95. The minimum Gasteiger partial charge on any atom is -0.496 e. The molecule has 0 amide bonds. The van der Waals surface area contributed by atoms with Crippen molar-refractivity contribution in [3.05, 3.63) is 27.2 Å². The fraction of sp³-hybridized carbons (Fsp3) is 0.538. The summed E-state index contributed by atoms with van der Waals surface area (Å²) in [5.74, 6) is 1.33. The van der Waals surface area contributed by atoms with E-state index in [1.54, 1.807) is 7.11 Å². The standard InChI is InChI=1S/C13H18BrClN2O/c1-17-7-8(6-16)3-11(17)10-4-9(15)5-12(18-2)13(10)14/h4-5,8,11H,3,6-7,16H2,1-2H3. The van der Waals surface area contributed by atoms with Gasteiger partial charge in [-0.15, -0.1) is 0 Å². The first kappa shape index (κ1) is 14.1. The van der Waals surface area contributed by atoms with Crippen molar-refractivity contribution in [1.82, 2.24) is 4.90 Å². The molecule has 3 nitrogen and oxygen atoms in total. The second kappa shape index (κ2) is 5.78. The van der Waals surface area contributed by atoms with Crippen molar-refractivity contribution in [2.75, 3.05) is 27.2 Å². The summed E-state index contributed by atoms with van der Waals surface area (Å²) in [7, 11) is 3.78. The SMILES string of the molecule is COc1cc(Cl)cc(C2CC(CN)CN2C)c1Br. The second-order valence-corrected chi connectivity index (χ2v) is 6.03. The molecular weight excluding hydrogens is 316 g/mol. The van der Waals surface area contributed by atoms with Gasteiger partial charge in [0.05, 0.1) is 11.6 Å². The zero-order valence-electron chi connectivity index (χ0n) is 10.6. The van der Waals surface area contributed by atoms with E-state index < -0.39 is 0 Å². The Morgan fingerprint density at radius 2 is 2.28 bits per heavy atom. The van der Waals surface area contributed by atoms with E-state index in [9.17, 15) is 0 Å². The predicted octanol–water partition coefficient (Wildman–Crippen LogP) is 3.06. The van der Waals surface area contributed by atoms with Gasteiger partial charge in [-0.3, -0.25) is 4.90 Å². The molecule has 2 unspecified atom stereocenters. The summed E-state index contributed by atoms with van der Waals surface area (Å²) in [5, 5.41) is 0.703. The Hall–Kier alpha value is -0.290. The lowest BCUT2D eigenvalue weighted by Gasteiger charge is -2.22. The van der Waals surface area contributed by atoms with E-state index in [4.69, 9.17) is 22.1 Å². The Kier molecular flexibility index (Phi) is 4.54. The Morgan fingerprint density at radius 3 is 2.83 bits per heavy atom. The molecule has 1 aliphatic rings. The van der Waals surface area contributed by atoms with Crippen molar-refractivity contribution >= 4 is 27.5 Å². The first-order chi connectivity index (χ1) is 8.56. The zero-order valence-corrected chi connectivity index (χ0v) is 13.0. The van der Waals surface area contributed by atoms with Gasteiger partial charge in [0.25, 0.3) is 0 Å². The molecule has 100 valence electrons. The Balaban J connectivity index is 2.36. The molecule has 1 saturated heterocycles. The molecule has 1 aliphatic heterocycles. The lowest BCUT2D eigenvalue weighted by atomic mass is 10.00. The third-order valence-electron chi connectivity index (χ3n) is 3.58. The van der Waals surface area contributed by atoms with Gasteiger partial charge in [-0.05, 0) is 59.6 Å². The minimum atomic E-state index is 0.348. The van der Waals surface area contributed by atoms with E-state index in [1.165, 1.54) is 5.56 Å². The first-order valence-electron chi connectivity index (χ1n) is 6.00. The van der Waals surface area contributed by atoms with Crippen LogP contribution in [0.1, 0.15) is 18.0 Å². The van der Waals surface area contributed by atoms with Crippen LogP contribution in [0.4, 0.5) is 0 Å². The molecule has 2 atom stereocenters. The first-order valence-corrected chi connectivity index (χ1v) is 7.17. The molecule has 0 aromatic heterocycles. The lowest BCUT2D eigenvalue weighted by molar-refractivity contribution is 0.311. The van der Waals surface area contributed by atoms with E-state index in [0.29, 0.717) is 17.0 Å². The van der Waals surface area contributed by atoms with E-state index in [-0.39, 0.29) is 0 Å². The fourth-order valence-corrected chi connectivity index (χ4v) is 3.49. The maximum Gasteiger partial charge on any atom is 0.134 e. The topological polar surface area (TPSA) is 38.5 Å². The summed E-state index contributed by atoms with van der Waals surface area (Å²) in [6, 6.07) is 4.18. The van der Waals surface area contributed by atoms with Crippen LogP contribution in [0.15, 0.2) is 16.6 Å². The molecule has 0 spiro atoms. The molecule has 2 rings (SSSR count). The van der Waals surface area contributed by atoms with E-state index in [0.717, 1.165) is 29.7 Å². The van der Waals surface area contributed by atoms with Gasteiger partial charge < -0.3 is 10.5 Å². The van der Waals surface area contributed by atoms with Crippen molar-refractivity contribution in [1.29, 1.82) is 0 Å². The molecule has 0 saturated carbocycles. The normalized spacial score (nSPS) is 24.5. The summed E-state index contributed by atoms with van der Waals surface area (Å²) < 4.78 is 6.33. The number of nitrogens with two attached hydrogens (primary N) is 1. The molecule has 0 radical (unpaired) electrons. The van der Waals surface area contributed by atoms with Crippen LogP contribution in [0.5, 0.6) is 5.75 Å². The van der Waals surface area contributed by atoms with Crippen LogP contribution in [0.25, 0.3) is 0 Å². The van der Waals surface area contributed by atoms with Gasteiger partial charge >= 0.3 is 0 Å². The van der Waals surface area contributed by atoms with E-state index >= 15 is 0 Å².